The Balaban J connectivity index is 1.95. The Kier molecular flexibility index (Phi) is 4.41. The maximum absolute atomic E-state index is 14.3. The highest BCUT2D eigenvalue weighted by atomic mass is 19.4. The summed E-state index contributed by atoms with van der Waals surface area (Å²) in [5.41, 5.74) is -0.551. The largest absolute Gasteiger partial charge is 0.416 e. The minimum absolute atomic E-state index is 0.210. The molecule has 2 fully saturated rings. The molecule has 2 nitrogen and oxygen atoms in total. The molecule has 1 aromatic rings. The molecular formula is C16H20F4N2. The summed E-state index contributed by atoms with van der Waals surface area (Å²) in [5.74, 6) is -0.264. The Morgan fingerprint density at radius 2 is 1.82 bits per heavy atom. The molecule has 0 radical (unpaired) electrons. The van der Waals surface area contributed by atoms with E-state index < -0.39 is 17.6 Å². The number of hydrogen-bond acceptors (Lipinski definition) is 2. The molecule has 0 spiro atoms. The fourth-order valence-corrected chi connectivity index (χ4v) is 3.41. The Labute approximate surface area is 127 Å². The molecule has 6 heteroatoms. The molecule has 122 valence electrons. The first-order chi connectivity index (χ1) is 10.5. The zero-order chi connectivity index (χ0) is 15.7. The van der Waals surface area contributed by atoms with E-state index in [-0.39, 0.29) is 17.5 Å². The lowest BCUT2D eigenvalue weighted by Gasteiger charge is -2.43. The predicted molar refractivity (Wildman–Crippen MR) is 75.9 cm³/mol. The van der Waals surface area contributed by atoms with Gasteiger partial charge < -0.3 is 5.32 Å². The first-order valence-corrected chi connectivity index (χ1v) is 7.78. The number of halogens is 4. The van der Waals surface area contributed by atoms with Crippen LogP contribution in [0.4, 0.5) is 17.6 Å². The van der Waals surface area contributed by atoms with Gasteiger partial charge >= 0.3 is 6.18 Å². The maximum atomic E-state index is 14.3. The average Bonchev–Trinajstić information content (AvgIpc) is 2.43. The summed E-state index contributed by atoms with van der Waals surface area (Å²) in [7, 11) is 0. The van der Waals surface area contributed by atoms with Gasteiger partial charge in [-0.2, -0.15) is 13.2 Å². The molecule has 3 rings (SSSR count). The predicted octanol–water partition coefficient (Wildman–Crippen LogP) is 3.59. The van der Waals surface area contributed by atoms with E-state index in [0.717, 1.165) is 63.6 Å². The van der Waals surface area contributed by atoms with Gasteiger partial charge in [0, 0.05) is 37.8 Å². The standard InChI is InChI=1S/C16H20F4N2/c17-14-5-4-12(16(18,19)20)10-13(14)15(11-2-1-3-11)22-8-6-21-7-9-22/h4-5,10-11,15,21H,1-3,6-9H2/t15-/m1/s1. The van der Waals surface area contributed by atoms with E-state index in [1.807, 2.05) is 0 Å². The minimum Gasteiger partial charge on any atom is -0.314 e. The third kappa shape index (κ3) is 3.13. The van der Waals surface area contributed by atoms with Crippen LogP contribution < -0.4 is 5.32 Å². The van der Waals surface area contributed by atoms with Gasteiger partial charge in [-0.05, 0) is 37.0 Å². The molecular weight excluding hydrogens is 296 g/mol. The maximum Gasteiger partial charge on any atom is 0.416 e. The van der Waals surface area contributed by atoms with Gasteiger partial charge in [0.15, 0.2) is 0 Å². The summed E-state index contributed by atoms with van der Waals surface area (Å²) < 4.78 is 53.1. The fourth-order valence-electron chi connectivity index (χ4n) is 3.41. The quantitative estimate of drug-likeness (QED) is 0.857. The number of nitrogens with one attached hydrogen (secondary N) is 1. The van der Waals surface area contributed by atoms with Gasteiger partial charge in [-0.3, -0.25) is 4.90 Å². The smallest absolute Gasteiger partial charge is 0.314 e. The summed E-state index contributed by atoms with van der Waals surface area (Å²) in [6, 6.07) is 2.57. The molecule has 1 saturated heterocycles. The van der Waals surface area contributed by atoms with Crippen LogP contribution in [0.15, 0.2) is 18.2 Å². The van der Waals surface area contributed by atoms with E-state index in [0.29, 0.717) is 0 Å². The first-order valence-electron chi connectivity index (χ1n) is 7.78. The van der Waals surface area contributed by atoms with Crippen LogP contribution >= 0.6 is 0 Å². The van der Waals surface area contributed by atoms with Crippen LogP contribution in [0.25, 0.3) is 0 Å². The van der Waals surface area contributed by atoms with Crippen molar-refractivity contribution < 1.29 is 17.6 Å². The lowest BCUT2D eigenvalue weighted by Crippen LogP contribution is -2.48. The van der Waals surface area contributed by atoms with E-state index in [1.165, 1.54) is 0 Å². The van der Waals surface area contributed by atoms with Gasteiger partial charge in [-0.1, -0.05) is 6.42 Å². The van der Waals surface area contributed by atoms with Crippen LogP contribution in [0.5, 0.6) is 0 Å². The van der Waals surface area contributed by atoms with Gasteiger partial charge in [-0.25, -0.2) is 4.39 Å². The Hall–Kier alpha value is -1.14. The number of piperazine rings is 1. The molecule has 1 aliphatic heterocycles. The number of hydrogen-bond donors (Lipinski definition) is 1. The van der Waals surface area contributed by atoms with Crippen molar-refractivity contribution >= 4 is 0 Å². The number of rotatable bonds is 3. The van der Waals surface area contributed by atoms with Crippen LogP contribution in [0, 0.1) is 11.7 Å². The lowest BCUT2D eigenvalue weighted by molar-refractivity contribution is -0.137. The van der Waals surface area contributed by atoms with Crippen molar-refractivity contribution in [2.45, 2.75) is 31.5 Å². The van der Waals surface area contributed by atoms with Crippen molar-refractivity contribution in [2.75, 3.05) is 26.2 Å². The third-order valence-electron chi connectivity index (χ3n) is 4.78. The fraction of sp³-hybridized carbons (Fsp3) is 0.625. The molecule has 2 aliphatic rings. The van der Waals surface area contributed by atoms with E-state index in [1.54, 1.807) is 0 Å². The summed E-state index contributed by atoms with van der Waals surface area (Å²) in [6.07, 6.45) is -1.43. The summed E-state index contributed by atoms with van der Waals surface area (Å²) in [6.45, 7) is 3.08. The first kappa shape index (κ1) is 15.7. The highest BCUT2D eigenvalue weighted by Crippen LogP contribution is 2.43. The van der Waals surface area contributed by atoms with E-state index in [9.17, 15) is 17.6 Å². The molecule has 0 amide bonds. The second kappa shape index (κ2) is 6.16. The molecule has 0 unspecified atom stereocenters. The molecule has 1 atom stereocenters. The van der Waals surface area contributed by atoms with Crippen LogP contribution in [-0.2, 0) is 6.18 Å². The monoisotopic (exact) mass is 316 g/mol. The Morgan fingerprint density at radius 1 is 1.14 bits per heavy atom. The van der Waals surface area contributed by atoms with Crippen molar-refractivity contribution in [3.05, 3.63) is 35.1 Å². The van der Waals surface area contributed by atoms with Crippen molar-refractivity contribution in [1.82, 2.24) is 10.2 Å². The summed E-state index contributed by atoms with van der Waals surface area (Å²) >= 11 is 0. The highest BCUT2D eigenvalue weighted by Gasteiger charge is 2.37. The van der Waals surface area contributed by atoms with Crippen molar-refractivity contribution in [2.24, 2.45) is 5.92 Å². The zero-order valence-electron chi connectivity index (χ0n) is 12.3. The van der Waals surface area contributed by atoms with Crippen LogP contribution in [0.2, 0.25) is 0 Å². The van der Waals surface area contributed by atoms with Gasteiger partial charge in [0.1, 0.15) is 5.82 Å². The van der Waals surface area contributed by atoms with Crippen LogP contribution in [0.1, 0.15) is 36.4 Å². The zero-order valence-corrected chi connectivity index (χ0v) is 12.3. The topological polar surface area (TPSA) is 15.3 Å². The van der Waals surface area contributed by atoms with Crippen molar-refractivity contribution in [1.29, 1.82) is 0 Å². The minimum atomic E-state index is -4.43. The second-order valence-corrected chi connectivity index (χ2v) is 6.16. The average molecular weight is 316 g/mol. The van der Waals surface area contributed by atoms with Gasteiger partial charge in [0.05, 0.1) is 5.56 Å². The molecule has 1 N–H and O–H groups in total. The highest BCUT2D eigenvalue weighted by molar-refractivity contribution is 5.30. The van der Waals surface area contributed by atoms with Crippen LogP contribution in [-0.4, -0.2) is 31.1 Å². The Bertz CT molecular complexity index is 519. The molecule has 22 heavy (non-hydrogen) atoms. The Morgan fingerprint density at radius 3 is 2.36 bits per heavy atom. The number of benzene rings is 1. The third-order valence-corrected chi connectivity index (χ3v) is 4.78. The summed E-state index contributed by atoms with van der Waals surface area (Å²) in [5, 5.41) is 3.23. The van der Waals surface area contributed by atoms with E-state index in [4.69, 9.17) is 0 Å². The second-order valence-electron chi connectivity index (χ2n) is 6.16. The van der Waals surface area contributed by atoms with Crippen LogP contribution in [0.3, 0.4) is 0 Å². The van der Waals surface area contributed by atoms with E-state index in [2.05, 4.69) is 10.2 Å². The molecule has 1 aliphatic carbocycles. The molecule has 1 saturated carbocycles. The molecule has 1 heterocycles. The number of alkyl halides is 3. The van der Waals surface area contributed by atoms with E-state index >= 15 is 0 Å². The van der Waals surface area contributed by atoms with Gasteiger partial charge in [0.25, 0.3) is 0 Å². The van der Waals surface area contributed by atoms with Gasteiger partial charge in [0.2, 0.25) is 0 Å². The molecule has 0 aromatic heterocycles. The molecule has 1 aromatic carbocycles. The van der Waals surface area contributed by atoms with Gasteiger partial charge in [-0.15, -0.1) is 0 Å². The summed E-state index contributed by atoms with van der Waals surface area (Å²) in [4.78, 5) is 2.14. The lowest BCUT2D eigenvalue weighted by atomic mass is 9.76. The van der Waals surface area contributed by atoms with Crippen molar-refractivity contribution in [3.63, 3.8) is 0 Å². The van der Waals surface area contributed by atoms with Crippen molar-refractivity contribution in [3.8, 4) is 0 Å². The normalized spacial score (nSPS) is 22.4. The number of nitrogens with zero attached hydrogens (tertiary/aromatic N) is 1. The SMILES string of the molecule is Fc1ccc(C(F)(F)F)cc1[C@@H](C1CCC1)N1CCNCC1. The molecule has 0 bridgehead atoms.